The van der Waals surface area contributed by atoms with Crippen LogP contribution in [0.15, 0.2) is 42.7 Å². The molecule has 8 heteroatoms. The first-order chi connectivity index (χ1) is 11.9. The first-order valence-electron chi connectivity index (χ1n) is 7.70. The molecule has 2 aromatic heterocycles. The zero-order chi connectivity index (χ0) is 17.6. The van der Waals surface area contributed by atoms with Gasteiger partial charge in [0.25, 0.3) is 0 Å². The van der Waals surface area contributed by atoms with Crippen molar-refractivity contribution in [2.45, 2.75) is 24.4 Å². The van der Waals surface area contributed by atoms with Crippen LogP contribution in [-0.2, 0) is 0 Å². The summed E-state index contributed by atoms with van der Waals surface area (Å²) in [5.41, 5.74) is 2.87. The third kappa shape index (κ3) is 3.42. The molecule has 0 spiro atoms. The summed E-state index contributed by atoms with van der Waals surface area (Å²) in [6.07, 6.45) is 0.0171. The van der Waals surface area contributed by atoms with Crippen LogP contribution >= 0.6 is 11.6 Å². The van der Waals surface area contributed by atoms with E-state index < -0.39 is 12.8 Å². The number of nitrogens with zero attached hydrogens (tertiary/aromatic N) is 3. The lowest BCUT2D eigenvalue weighted by Crippen LogP contribution is -2.19. The van der Waals surface area contributed by atoms with Gasteiger partial charge in [0.15, 0.2) is 12.3 Å². The molecule has 2 heterocycles. The van der Waals surface area contributed by atoms with Gasteiger partial charge in [-0.2, -0.15) is 18.3 Å². The molecule has 1 saturated carbocycles. The lowest BCUT2D eigenvalue weighted by molar-refractivity contribution is -0.153. The molecule has 4 rings (SSSR count). The summed E-state index contributed by atoms with van der Waals surface area (Å²) in [4.78, 5) is 4.33. The quantitative estimate of drug-likeness (QED) is 0.676. The van der Waals surface area contributed by atoms with Crippen molar-refractivity contribution in [1.82, 2.24) is 14.6 Å². The smallest absolute Gasteiger partial charge is 0.422 e. The Morgan fingerprint density at radius 3 is 2.68 bits per heavy atom. The highest BCUT2D eigenvalue weighted by Crippen LogP contribution is 2.55. The van der Waals surface area contributed by atoms with E-state index in [0.29, 0.717) is 5.15 Å². The Morgan fingerprint density at radius 2 is 1.96 bits per heavy atom. The van der Waals surface area contributed by atoms with Gasteiger partial charge in [0, 0.05) is 18.0 Å². The van der Waals surface area contributed by atoms with E-state index in [-0.39, 0.29) is 17.6 Å². The molecule has 25 heavy (non-hydrogen) atoms. The summed E-state index contributed by atoms with van der Waals surface area (Å²) < 4.78 is 42.9. The Morgan fingerprint density at radius 1 is 1.20 bits per heavy atom. The van der Waals surface area contributed by atoms with Crippen molar-refractivity contribution in [2.75, 3.05) is 6.61 Å². The van der Waals surface area contributed by atoms with Gasteiger partial charge >= 0.3 is 6.18 Å². The Labute approximate surface area is 146 Å². The molecule has 1 aromatic carbocycles. The van der Waals surface area contributed by atoms with Crippen LogP contribution in [0.25, 0.3) is 5.65 Å². The highest BCUT2D eigenvalue weighted by Gasteiger charge is 2.41. The Balaban J connectivity index is 1.50. The van der Waals surface area contributed by atoms with Gasteiger partial charge in [-0.3, -0.25) is 0 Å². The zero-order valence-electron chi connectivity index (χ0n) is 12.9. The van der Waals surface area contributed by atoms with Gasteiger partial charge in [0.2, 0.25) is 0 Å². The van der Waals surface area contributed by atoms with E-state index in [2.05, 4.69) is 10.1 Å². The van der Waals surface area contributed by atoms with Gasteiger partial charge in [0.1, 0.15) is 10.9 Å². The lowest BCUT2D eigenvalue weighted by Gasteiger charge is -2.09. The average molecular weight is 368 g/mol. The number of imidazole rings is 1. The number of hydrogen-bond acceptors (Lipinski definition) is 3. The molecule has 1 fully saturated rings. The second-order valence-corrected chi connectivity index (χ2v) is 6.43. The van der Waals surface area contributed by atoms with Crippen molar-refractivity contribution in [3.05, 3.63) is 59.0 Å². The van der Waals surface area contributed by atoms with Crippen LogP contribution in [0.2, 0.25) is 5.15 Å². The van der Waals surface area contributed by atoms with E-state index in [1.165, 1.54) is 0 Å². The monoisotopic (exact) mass is 367 g/mol. The molecule has 130 valence electrons. The Hall–Kier alpha value is -2.28. The molecule has 0 amide bonds. The highest BCUT2D eigenvalue weighted by atomic mass is 35.5. The van der Waals surface area contributed by atoms with Gasteiger partial charge in [-0.15, -0.1) is 0 Å². The Bertz CT molecular complexity index is 908. The maximum Gasteiger partial charge on any atom is 0.422 e. The summed E-state index contributed by atoms with van der Waals surface area (Å²) in [7, 11) is 0. The third-order valence-electron chi connectivity index (χ3n) is 4.26. The second kappa shape index (κ2) is 5.91. The van der Waals surface area contributed by atoms with Crippen molar-refractivity contribution < 1.29 is 17.9 Å². The molecule has 0 N–H and O–H groups in total. The molecule has 0 radical (unpaired) electrons. The number of hydrogen-bond donors (Lipinski definition) is 0. The lowest BCUT2D eigenvalue weighted by atomic mass is 10.1. The average Bonchev–Trinajstić information content (AvgIpc) is 3.22. The maximum atomic E-state index is 12.2. The maximum absolute atomic E-state index is 12.2. The molecular weight excluding hydrogens is 355 g/mol. The van der Waals surface area contributed by atoms with Gasteiger partial charge in [0.05, 0.1) is 0 Å². The summed E-state index contributed by atoms with van der Waals surface area (Å²) in [5.74, 6) is 0.767. The number of fused-ring (bicyclic) bond motifs is 1. The summed E-state index contributed by atoms with van der Waals surface area (Å²) in [5, 5.41) is 4.57. The van der Waals surface area contributed by atoms with E-state index in [4.69, 9.17) is 16.3 Å². The van der Waals surface area contributed by atoms with Crippen molar-refractivity contribution >= 4 is 17.2 Å². The number of ether oxygens (including phenoxy) is 1. The largest absolute Gasteiger partial charge is 0.484 e. The van der Waals surface area contributed by atoms with Crippen LogP contribution in [0, 0.1) is 0 Å². The van der Waals surface area contributed by atoms with E-state index in [1.807, 2.05) is 18.2 Å². The second-order valence-electron chi connectivity index (χ2n) is 6.04. The number of halogens is 4. The number of aromatic nitrogens is 3. The zero-order valence-corrected chi connectivity index (χ0v) is 13.6. The minimum Gasteiger partial charge on any atom is -0.484 e. The van der Waals surface area contributed by atoms with Crippen molar-refractivity contribution in [3.63, 3.8) is 0 Å². The normalized spacial score (nSPS) is 20.0. The topological polar surface area (TPSA) is 39.4 Å². The first-order valence-corrected chi connectivity index (χ1v) is 8.08. The predicted molar refractivity (Wildman–Crippen MR) is 86.1 cm³/mol. The van der Waals surface area contributed by atoms with Gasteiger partial charge in [-0.1, -0.05) is 23.7 Å². The van der Waals surface area contributed by atoms with Crippen LogP contribution in [0.1, 0.15) is 29.4 Å². The molecule has 3 aromatic rings. The van der Waals surface area contributed by atoms with Gasteiger partial charge in [-0.05, 0) is 42.0 Å². The summed E-state index contributed by atoms with van der Waals surface area (Å²) >= 11 is 6.07. The van der Waals surface area contributed by atoms with Crippen LogP contribution in [0.4, 0.5) is 13.2 Å². The molecule has 2 atom stereocenters. The minimum absolute atomic E-state index is 0.209. The molecular formula is C17H13ClF3N3O. The third-order valence-corrected chi connectivity index (χ3v) is 4.44. The number of benzene rings is 1. The van der Waals surface area contributed by atoms with Crippen molar-refractivity contribution in [2.24, 2.45) is 0 Å². The molecule has 4 nitrogen and oxygen atoms in total. The minimum atomic E-state index is -4.34. The van der Waals surface area contributed by atoms with Crippen molar-refractivity contribution in [3.8, 4) is 5.75 Å². The van der Waals surface area contributed by atoms with Gasteiger partial charge < -0.3 is 4.74 Å². The predicted octanol–water partition coefficient (Wildman–Crippen LogP) is 4.59. The molecule has 1 aliphatic carbocycles. The Kier molecular flexibility index (Phi) is 3.83. The number of alkyl halides is 3. The fourth-order valence-corrected chi connectivity index (χ4v) is 3.26. The summed E-state index contributed by atoms with van der Waals surface area (Å²) in [6.45, 7) is -1.29. The van der Waals surface area contributed by atoms with Crippen LogP contribution < -0.4 is 4.74 Å². The van der Waals surface area contributed by atoms with Crippen molar-refractivity contribution in [1.29, 1.82) is 0 Å². The van der Waals surface area contributed by atoms with E-state index >= 15 is 0 Å². The van der Waals surface area contributed by atoms with E-state index in [9.17, 15) is 13.2 Å². The van der Waals surface area contributed by atoms with E-state index in [0.717, 1.165) is 23.2 Å². The molecule has 0 saturated heterocycles. The van der Waals surface area contributed by atoms with Crippen LogP contribution in [-0.4, -0.2) is 27.4 Å². The standard InChI is InChI=1S/C17H13ClF3N3O/c18-15-8-14(16-22-5-6-24(16)23-15)13-7-12(13)10-1-3-11(4-2-10)25-9-17(19,20)21/h1-6,8,12-13H,7,9H2/t12-,13?/m1/s1. The van der Waals surface area contributed by atoms with Crippen LogP contribution in [0.5, 0.6) is 5.75 Å². The molecule has 1 aliphatic rings. The first kappa shape index (κ1) is 16.2. The molecule has 0 bridgehead atoms. The SMILES string of the molecule is FC(F)(F)COc1ccc([C@H]2CC2c2cc(Cl)nn3ccnc23)cc1. The molecule has 0 aliphatic heterocycles. The molecule has 1 unspecified atom stereocenters. The van der Waals surface area contributed by atoms with E-state index in [1.54, 1.807) is 29.0 Å². The van der Waals surface area contributed by atoms with Crippen LogP contribution in [0.3, 0.4) is 0 Å². The van der Waals surface area contributed by atoms with Gasteiger partial charge in [-0.25, -0.2) is 9.50 Å². The summed E-state index contributed by atoms with van der Waals surface area (Å²) in [6, 6.07) is 8.58. The fraction of sp³-hybridized carbons (Fsp3) is 0.294. The highest BCUT2D eigenvalue weighted by molar-refractivity contribution is 6.29. The fourth-order valence-electron chi connectivity index (χ4n) is 3.07. The number of rotatable bonds is 4.